The number of benzene rings is 1. The van der Waals surface area contributed by atoms with Crippen LogP contribution in [0.25, 0.3) is 11.2 Å². The van der Waals surface area contributed by atoms with E-state index < -0.39 is 0 Å². The van der Waals surface area contributed by atoms with Gasteiger partial charge in [0.1, 0.15) is 12.1 Å². The van der Waals surface area contributed by atoms with E-state index in [0.29, 0.717) is 23.8 Å². The van der Waals surface area contributed by atoms with Crippen LogP contribution in [-0.2, 0) is 6.54 Å². The summed E-state index contributed by atoms with van der Waals surface area (Å²) in [5.41, 5.74) is 2.31. The van der Waals surface area contributed by atoms with Crippen LogP contribution in [-0.4, -0.2) is 31.0 Å². The van der Waals surface area contributed by atoms with E-state index in [1.54, 1.807) is 16.8 Å². The Hall–Kier alpha value is -2.57. The molecular formula is C16H17FN6. The Balaban J connectivity index is 1.62. The molecule has 2 heterocycles. The fourth-order valence-electron chi connectivity index (χ4n) is 3.03. The van der Waals surface area contributed by atoms with Gasteiger partial charge in [0.15, 0.2) is 17.0 Å². The minimum Gasteiger partial charge on any atom is -0.365 e. The molecule has 118 valence electrons. The number of halogens is 1. The van der Waals surface area contributed by atoms with Crippen molar-refractivity contribution in [2.75, 3.05) is 5.32 Å². The van der Waals surface area contributed by atoms with Gasteiger partial charge in [-0.1, -0.05) is 30.2 Å². The molecule has 0 saturated heterocycles. The Morgan fingerprint density at radius 3 is 2.70 bits per heavy atom. The lowest BCUT2D eigenvalue weighted by Crippen LogP contribution is -2.16. The van der Waals surface area contributed by atoms with E-state index in [-0.39, 0.29) is 5.82 Å². The molecule has 0 spiro atoms. The summed E-state index contributed by atoms with van der Waals surface area (Å²) in [4.78, 5) is 8.62. The highest BCUT2D eigenvalue weighted by Crippen LogP contribution is 2.24. The fraction of sp³-hybridized carbons (Fsp3) is 0.375. The molecule has 7 heteroatoms. The number of fused-ring (bicyclic) bond motifs is 1. The first-order chi connectivity index (χ1) is 11.3. The Morgan fingerprint density at radius 1 is 1.13 bits per heavy atom. The van der Waals surface area contributed by atoms with E-state index in [1.165, 1.54) is 31.3 Å². The molecular weight excluding hydrogens is 295 g/mol. The summed E-state index contributed by atoms with van der Waals surface area (Å²) < 4.78 is 14.7. The van der Waals surface area contributed by atoms with E-state index in [2.05, 4.69) is 25.6 Å². The first kappa shape index (κ1) is 14.0. The zero-order valence-corrected chi connectivity index (χ0v) is 12.6. The molecule has 1 aliphatic rings. The molecule has 0 amide bonds. The summed E-state index contributed by atoms with van der Waals surface area (Å²) in [6, 6.07) is 6.81. The summed E-state index contributed by atoms with van der Waals surface area (Å²) in [6.45, 7) is 0.497. The number of aromatic nitrogens is 5. The monoisotopic (exact) mass is 312 g/mol. The van der Waals surface area contributed by atoms with Gasteiger partial charge in [-0.15, -0.1) is 5.10 Å². The van der Waals surface area contributed by atoms with E-state index in [1.807, 2.05) is 0 Å². The highest BCUT2D eigenvalue weighted by Gasteiger charge is 2.18. The molecule has 1 aromatic carbocycles. The van der Waals surface area contributed by atoms with Gasteiger partial charge in [-0.05, 0) is 30.5 Å². The second-order valence-electron chi connectivity index (χ2n) is 5.89. The normalized spacial score (nSPS) is 15.3. The Bertz CT molecular complexity index is 807. The topological polar surface area (TPSA) is 68.5 Å². The molecule has 3 aromatic rings. The van der Waals surface area contributed by atoms with Gasteiger partial charge in [-0.25, -0.2) is 19.0 Å². The van der Waals surface area contributed by atoms with E-state index >= 15 is 0 Å². The Morgan fingerprint density at radius 2 is 1.91 bits per heavy atom. The highest BCUT2D eigenvalue weighted by atomic mass is 19.1. The Labute approximate surface area is 132 Å². The van der Waals surface area contributed by atoms with Gasteiger partial charge in [0.05, 0.1) is 6.54 Å². The van der Waals surface area contributed by atoms with Crippen LogP contribution >= 0.6 is 0 Å². The molecule has 23 heavy (non-hydrogen) atoms. The average Bonchev–Trinajstić information content (AvgIpc) is 3.21. The predicted molar refractivity (Wildman–Crippen MR) is 84.5 cm³/mol. The largest absolute Gasteiger partial charge is 0.365 e. The molecule has 0 bridgehead atoms. The molecule has 0 aliphatic heterocycles. The third-order valence-electron chi connectivity index (χ3n) is 4.24. The maximum Gasteiger partial charge on any atom is 0.184 e. The molecule has 0 unspecified atom stereocenters. The maximum absolute atomic E-state index is 13.0. The lowest BCUT2D eigenvalue weighted by molar-refractivity contribution is 0.623. The molecule has 6 nitrogen and oxygen atoms in total. The predicted octanol–water partition coefficient (Wildman–Crippen LogP) is 2.76. The molecule has 1 aliphatic carbocycles. The van der Waals surface area contributed by atoms with Crippen molar-refractivity contribution in [1.82, 2.24) is 25.0 Å². The van der Waals surface area contributed by atoms with Gasteiger partial charge < -0.3 is 5.32 Å². The number of hydrogen-bond acceptors (Lipinski definition) is 5. The van der Waals surface area contributed by atoms with E-state index in [9.17, 15) is 4.39 Å². The molecule has 1 fully saturated rings. The van der Waals surface area contributed by atoms with Gasteiger partial charge in [0.25, 0.3) is 0 Å². The van der Waals surface area contributed by atoms with Gasteiger partial charge in [0, 0.05) is 6.04 Å². The van der Waals surface area contributed by atoms with Crippen LogP contribution in [0.2, 0.25) is 0 Å². The van der Waals surface area contributed by atoms with Crippen molar-refractivity contribution in [3.63, 3.8) is 0 Å². The number of nitrogens with zero attached hydrogens (tertiary/aromatic N) is 5. The van der Waals surface area contributed by atoms with Crippen LogP contribution < -0.4 is 5.32 Å². The van der Waals surface area contributed by atoms with Crippen LogP contribution in [0.15, 0.2) is 30.6 Å². The lowest BCUT2D eigenvalue weighted by atomic mass is 10.2. The van der Waals surface area contributed by atoms with Crippen molar-refractivity contribution in [3.8, 4) is 0 Å². The van der Waals surface area contributed by atoms with E-state index in [4.69, 9.17) is 0 Å². The third kappa shape index (κ3) is 2.86. The lowest BCUT2D eigenvalue weighted by Gasteiger charge is -2.12. The summed E-state index contributed by atoms with van der Waals surface area (Å²) in [5, 5.41) is 11.9. The second-order valence-corrected chi connectivity index (χ2v) is 5.89. The summed E-state index contributed by atoms with van der Waals surface area (Å²) in [7, 11) is 0. The number of anilines is 1. The highest BCUT2D eigenvalue weighted by molar-refractivity contribution is 5.82. The molecule has 0 atom stereocenters. The minimum atomic E-state index is -0.248. The Kier molecular flexibility index (Phi) is 3.61. The second kappa shape index (κ2) is 5.91. The van der Waals surface area contributed by atoms with Crippen molar-refractivity contribution >= 4 is 17.0 Å². The number of nitrogens with one attached hydrogen (secondary N) is 1. The van der Waals surface area contributed by atoms with Crippen LogP contribution in [0.3, 0.4) is 0 Å². The van der Waals surface area contributed by atoms with Gasteiger partial charge in [-0.2, -0.15) is 0 Å². The summed E-state index contributed by atoms with van der Waals surface area (Å²) >= 11 is 0. The maximum atomic E-state index is 13.0. The summed E-state index contributed by atoms with van der Waals surface area (Å²) in [5.74, 6) is 0.495. The van der Waals surface area contributed by atoms with Gasteiger partial charge in [0.2, 0.25) is 0 Å². The van der Waals surface area contributed by atoms with Crippen molar-refractivity contribution < 1.29 is 4.39 Å². The molecule has 1 saturated carbocycles. The van der Waals surface area contributed by atoms with E-state index in [0.717, 1.165) is 24.2 Å². The first-order valence-electron chi connectivity index (χ1n) is 7.85. The van der Waals surface area contributed by atoms with Crippen molar-refractivity contribution in [2.45, 2.75) is 38.3 Å². The quantitative estimate of drug-likeness (QED) is 0.802. The van der Waals surface area contributed by atoms with Crippen molar-refractivity contribution in [3.05, 3.63) is 42.0 Å². The van der Waals surface area contributed by atoms with Crippen LogP contribution in [0.5, 0.6) is 0 Å². The van der Waals surface area contributed by atoms with Crippen LogP contribution in [0.4, 0.5) is 10.2 Å². The molecule has 2 aromatic heterocycles. The minimum absolute atomic E-state index is 0.248. The fourth-order valence-corrected chi connectivity index (χ4v) is 3.03. The van der Waals surface area contributed by atoms with Gasteiger partial charge >= 0.3 is 0 Å². The number of rotatable bonds is 4. The average molecular weight is 312 g/mol. The smallest absolute Gasteiger partial charge is 0.184 e. The molecule has 4 rings (SSSR count). The zero-order valence-electron chi connectivity index (χ0n) is 12.6. The molecule has 1 N–H and O–H groups in total. The van der Waals surface area contributed by atoms with Crippen molar-refractivity contribution in [1.29, 1.82) is 0 Å². The SMILES string of the molecule is Fc1ccc(Cn2nnc3c(NC4CCCC4)ncnc32)cc1. The number of hydrogen-bond donors (Lipinski definition) is 1. The van der Waals surface area contributed by atoms with Gasteiger partial charge in [-0.3, -0.25) is 0 Å². The zero-order chi connectivity index (χ0) is 15.6. The summed E-state index contributed by atoms with van der Waals surface area (Å²) in [6.07, 6.45) is 6.36. The third-order valence-corrected chi connectivity index (χ3v) is 4.24. The van der Waals surface area contributed by atoms with Crippen LogP contribution in [0.1, 0.15) is 31.2 Å². The molecule has 0 radical (unpaired) electrons. The van der Waals surface area contributed by atoms with Crippen LogP contribution in [0, 0.1) is 5.82 Å². The standard InChI is InChI=1S/C16H17FN6/c17-12-7-5-11(6-8-12)9-23-16-14(21-22-23)15(18-10-19-16)20-13-3-1-2-4-13/h5-8,10,13H,1-4,9H2,(H,18,19,20). The first-order valence-corrected chi connectivity index (χ1v) is 7.85. The van der Waals surface area contributed by atoms with Crippen molar-refractivity contribution in [2.24, 2.45) is 0 Å².